The molecular weight excluding hydrogens is 248 g/mol. The van der Waals surface area contributed by atoms with Crippen LogP contribution in [-0.4, -0.2) is 39.1 Å². The highest BCUT2D eigenvalue weighted by Gasteiger charge is 2.22. The van der Waals surface area contributed by atoms with Gasteiger partial charge in [0.15, 0.2) is 0 Å². The van der Waals surface area contributed by atoms with E-state index in [2.05, 4.69) is 10.4 Å². The molecule has 2 heterocycles. The van der Waals surface area contributed by atoms with Crippen molar-refractivity contribution in [1.29, 1.82) is 0 Å². The van der Waals surface area contributed by atoms with E-state index in [-0.39, 0.29) is 11.8 Å². The van der Waals surface area contributed by atoms with Gasteiger partial charge in [-0.3, -0.25) is 0 Å². The normalized spacial score (nSPS) is 15.3. The van der Waals surface area contributed by atoms with Crippen molar-refractivity contribution in [3.63, 3.8) is 0 Å². The molecule has 0 amide bonds. The van der Waals surface area contributed by atoms with E-state index in [1.165, 1.54) is 9.36 Å². The van der Waals surface area contributed by atoms with Gasteiger partial charge < -0.3 is 9.47 Å². The van der Waals surface area contributed by atoms with Gasteiger partial charge in [0.25, 0.3) is 0 Å². The van der Waals surface area contributed by atoms with Gasteiger partial charge in [-0.1, -0.05) is 6.07 Å². The molecule has 0 spiro atoms. The lowest BCUT2D eigenvalue weighted by Gasteiger charge is -2.27. The molecule has 1 fully saturated rings. The minimum absolute atomic E-state index is 0.0360. The standard InChI is InChI=1S/C12H14N4O3/c1-8-3-4-11(19-9-6-18-7-9)10(5-8)16-12(17)15(2)13-14-16/h3-5,9H,6-7H2,1-2H3. The van der Waals surface area contributed by atoms with Gasteiger partial charge in [-0.25, -0.2) is 4.79 Å². The smallest absolute Gasteiger partial charge is 0.368 e. The number of hydrogen-bond donors (Lipinski definition) is 0. The van der Waals surface area contributed by atoms with Crippen molar-refractivity contribution in [2.24, 2.45) is 7.05 Å². The van der Waals surface area contributed by atoms with Crippen LogP contribution in [0.1, 0.15) is 5.56 Å². The maximum absolute atomic E-state index is 11.9. The fourth-order valence-corrected chi connectivity index (χ4v) is 1.82. The minimum Gasteiger partial charge on any atom is -0.483 e. The van der Waals surface area contributed by atoms with Crippen LogP contribution in [0.3, 0.4) is 0 Å². The highest BCUT2D eigenvalue weighted by Crippen LogP contribution is 2.25. The van der Waals surface area contributed by atoms with Crippen molar-refractivity contribution < 1.29 is 9.47 Å². The average Bonchev–Trinajstić information content (AvgIpc) is 2.66. The molecule has 0 saturated carbocycles. The summed E-state index contributed by atoms with van der Waals surface area (Å²) in [5.74, 6) is 0.613. The highest BCUT2D eigenvalue weighted by molar-refractivity contribution is 5.48. The fraction of sp³-hybridized carbons (Fsp3) is 0.417. The van der Waals surface area contributed by atoms with Crippen molar-refractivity contribution in [2.75, 3.05) is 13.2 Å². The van der Waals surface area contributed by atoms with Crippen molar-refractivity contribution in [3.8, 4) is 11.4 Å². The third-order valence-corrected chi connectivity index (χ3v) is 2.97. The van der Waals surface area contributed by atoms with Gasteiger partial charge >= 0.3 is 5.69 Å². The Labute approximate surface area is 109 Å². The summed E-state index contributed by atoms with van der Waals surface area (Å²) >= 11 is 0. The molecule has 0 N–H and O–H groups in total. The molecule has 0 unspecified atom stereocenters. The molecule has 7 heteroatoms. The van der Waals surface area contributed by atoms with Crippen LogP contribution in [-0.2, 0) is 11.8 Å². The van der Waals surface area contributed by atoms with E-state index in [4.69, 9.17) is 9.47 Å². The van der Waals surface area contributed by atoms with Gasteiger partial charge in [-0.2, -0.15) is 9.36 Å². The van der Waals surface area contributed by atoms with Crippen molar-refractivity contribution in [3.05, 3.63) is 34.2 Å². The summed E-state index contributed by atoms with van der Waals surface area (Å²) < 4.78 is 13.3. The number of nitrogens with zero attached hydrogens (tertiary/aromatic N) is 4. The first-order valence-electron chi connectivity index (χ1n) is 5.99. The van der Waals surface area contributed by atoms with Crippen LogP contribution in [0.25, 0.3) is 5.69 Å². The molecule has 3 rings (SSSR count). The van der Waals surface area contributed by atoms with Crippen LogP contribution in [0.4, 0.5) is 0 Å². The van der Waals surface area contributed by atoms with Crippen molar-refractivity contribution >= 4 is 0 Å². The van der Waals surface area contributed by atoms with E-state index >= 15 is 0 Å². The monoisotopic (exact) mass is 262 g/mol. The molecule has 1 aromatic heterocycles. The highest BCUT2D eigenvalue weighted by atomic mass is 16.6. The predicted molar refractivity (Wildman–Crippen MR) is 66.6 cm³/mol. The Bertz CT molecular complexity index is 657. The number of aryl methyl sites for hydroxylation is 2. The molecule has 1 aliphatic heterocycles. The van der Waals surface area contributed by atoms with Crippen LogP contribution in [0.5, 0.6) is 5.75 Å². The first kappa shape index (κ1) is 11.9. The SMILES string of the molecule is Cc1ccc(OC2COC2)c(-n2nnn(C)c2=O)c1. The zero-order chi connectivity index (χ0) is 13.4. The van der Waals surface area contributed by atoms with Crippen LogP contribution in [0, 0.1) is 6.92 Å². The minimum atomic E-state index is -0.305. The molecule has 0 aliphatic carbocycles. The maximum atomic E-state index is 11.9. The second-order valence-corrected chi connectivity index (χ2v) is 4.55. The van der Waals surface area contributed by atoms with Gasteiger partial charge in [0.05, 0.1) is 13.2 Å². The summed E-state index contributed by atoms with van der Waals surface area (Å²) in [5, 5.41) is 7.56. The first-order chi connectivity index (χ1) is 9.15. The molecule has 7 nitrogen and oxygen atoms in total. The summed E-state index contributed by atoms with van der Waals surface area (Å²) in [6, 6.07) is 5.62. The van der Waals surface area contributed by atoms with E-state index in [1.807, 2.05) is 25.1 Å². The lowest BCUT2D eigenvalue weighted by molar-refractivity contribution is -0.0797. The van der Waals surface area contributed by atoms with E-state index in [1.54, 1.807) is 7.05 Å². The predicted octanol–water partition coefficient (Wildman–Crippen LogP) is 0.0520. The molecule has 1 aromatic carbocycles. The average molecular weight is 262 g/mol. The lowest BCUT2D eigenvalue weighted by atomic mass is 10.2. The van der Waals surface area contributed by atoms with Gasteiger partial charge in [0.1, 0.15) is 17.5 Å². The van der Waals surface area contributed by atoms with Gasteiger partial charge in [-0.15, -0.1) is 0 Å². The number of rotatable bonds is 3. The molecule has 19 heavy (non-hydrogen) atoms. The number of ether oxygens (including phenoxy) is 2. The Morgan fingerprint density at radius 2 is 2.16 bits per heavy atom. The van der Waals surface area contributed by atoms with Crippen LogP contribution < -0.4 is 10.4 Å². The Hall–Kier alpha value is -2.15. The lowest BCUT2D eigenvalue weighted by Crippen LogP contribution is -2.39. The largest absolute Gasteiger partial charge is 0.483 e. The van der Waals surface area contributed by atoms with E-state index in [0.717, 1.165) is 5.56 Å². The number of aromatic nitrogens is 4. The number of hydrogen-bond acceptors (Lipinski definition) is 5. The second kappa shape index (κ2) is 4.51. The summed E-state index contributed by atoms with van der Waals surface area (Å²) in [5.41, 5.74) is 1.31. The quantitative estimate of drug-likeness (QED) is 0.781. The molecule has 1 saturated heterocycles. The van der Waals surface area contributed by atoms with Gasteiger partial charge in [0, 0.05) is 7.05 Å². The fourth-order valence-electron chi connectivity index (χ4n) is 1.82. The van der Waals surface area contributed by atoms with Gasteiger partial charge in [0.2, 0.25) is 0 Å². The Balaban J connectivity index is 2.05. The second-order valence-electron chi connectivity index (χ2n) is 4.55. The Morgan fingerprint density at radius 3 is 2.74 bits per heavy atom. The summed E-state index contributed by atoms with van der Waals surface area (Å²) in [6.45, 7) is 3.09. The summed E-state index contributed by atoms with van der Waals surface area (Å²) in [6.07, 6.45) is 0.0360. The summed E-state index contributed by atoms with van der Waals surface area (Å²) in [4.78, 5) is 11.9. The third kappa shape index (κ3) is 2.12. The van der Waals surface area contributed by atoms with Crippen LogP contribution in [0.2, 0.25) is 0 Å². The van der Waals surface area contributed by atoms with Crippen LogP contribution >= 0.6 is 0 Å². The molecule has 0 atom stereocenters. The van der Waals surface area contributed by atoms with Gasteiger partial charge in [-0.05, 0) is 35.0 Å². The van der Waals surface area contributed by atoms with Crippen molar-refractivity contribution in [2.45, 2.75) is 13.0 Å². The van der Waals surface area contributed by atoms with Crippen molar-refractivity contribution in [1.82, 2.24) is 19.8 Å². The van der Waals surface area contributed by atoms with E-state index in [0.29, 0.717) is 24.7 Å². The third-order valence-electron chi connectivity index (χ3n) is 2.97. The Kier molecular flexibility index (Phi) is 2.83. The molecule has 2 aromatic rings. The zero-order valence-electron chi connectivity index (χ0n) is 10.7. The molecule has 0 bridgehead atoms. The van der Waals surface area contributed by atoms with Crippen LogP contribution in [0.15, 0.2) is 23.0 Å². The molecule has 0 radical (unpaired) electrons. The Morgan fingerprint density at radius 1 is 1.37 bits per heavy atom. The molecular formula is C12H14N4O3. The summed E-state index contributed by atoms with van der Waals surface area (Å²) in [7, 11) is 1.56. The molecule has 1 aliphatic rings. The number of tetrazole rings is 1. The first-order valence-corrected chi connectivity index (χ1v) is 5.99. The number of benzene rings is 1. The molecule has 100 valence electrons. The van der Waals surface area contributed by atoms with E-state index in [9.17, 15) is 4.79 Å². The van der Waals surface area contributed by atoms with E-state index < -0.39 is 0 Å². The topological polar surface area (TPSA) is 71.2 Å². The maximum Gasteiger partial charge on any atom is 0.368 e. The zero-order valence-corrected chi connectivity index (χ0v) is 10.7.